The average molecular weight is 382 g/mol. The predicted octanol–water partition coefficient (Wildman–Crippen LogP) is 1.31. The zero-order valence-electron chi connectivity index (χ0n) is 16.2. The Bertz CT molecular complexity index is 725. The van der Waals surface area contributed by atoms with Gasteiger partial charge in [-0.05, 0) is 58.0 Å². The summed E-state index contributed by atoms with van der Waals surface area (Å²) in [6.07, 6.45) is 1.80. The minimum absolute atomic E-state index is 0.316. The summed E-state index contributed by atoms with van der Waals surface area (Å²) < 4.78 is 23.3. The molecule has 0 aliphatic carbocycles. The molecule has 0 atom stereocenters. The summed E-state index contributed by atoms with van der Waals surface area (Å²) in [5.74, 6) is -0.383. The first kappa shape index (κ1) is 20.9. The number of benzene rings is 1. The minimum atomic E-state index is -3.48. The van der Waals surface area contributed by atoms with Gasteiger partial charge < -0.3 is 10.6 Å². The fourth-order valence-electron chi connectivity index (χ4n) is 3.25. The third-order valence-electron chi connectivity index (χ3n) is 5.29. The highest BCUT2D eigenvalue weighted by Crippen LogP contribution is 2.28. The minimum Gasteiger partial charge on any atom is -0.351 e. The summed E-state index contributed by atoms with van der Waals surface area (Å²) in [6, 6.07) is 8.51. The summed E-state index contributed by atoms with van der Waals surface area (Å²) in [4.78, 5) is 15.0. The van der Waals surface area contributed by atoms with Crippen molar-refractivity contribution >= 4 is 15.7 Å². The third-order valence-corrected chi connectivity index (χ3v) is 7.31. The number of hydrogen-bond acceptors (Lipinski definition) is 5. The first-order chi connectivity index (χ1) is 12.2. The molecule has 2 N–H and O–H groups in total. The molecule has 1 aliphatic rings. The van der Waals surface area contributed by atoms with Crippen molar-refractivity contribution in [1.29, 1.82) is 0 Å². The van der Waals surface area contributed by atoms with Crippen molar-refractivity contribution in [2.45, 2.75) is 50.6 Å². The molecule has 7 heteroatoms. The summed E-state index contributed by atoms with van der Waals surface area (Å²) in [6.45, 7) is 6.54. The van der Waals surface area contributed by atoms with Crippen LogP contribution in [0.25, 0.3) is 0 Å². The lowest BCUT2D eigenvalue weighted by molar-refractivity contribution is -0.124. The Kier molecular flexibility index (Phi) is 6.82. The van der Waals surface area contributed by atoms with Gasteiger partial charge in [-0.3, -0.25) is 9.69 Å². The highest BCUT2D eigenvalue weighted by atomic mass is 32.2. The fraction of sp³-hybridized carbons (Fsp3) is 0.632. The Hall–Kier alpha value is -1.44. The van der Waals surface area contributed by atoms with E-state index in [2.05, 4.69) is 48.6 Å². The van der Waals surface area contributed by atoms with Gasteiger partial charge in [0.1, 0.15) is 0 Å². The van der Waals surface area contributed by atoms with E-state index in [9.17, 15) is 13.2 Å². The average Bonchev–Trinajstić information content (AvgIpc) is 2.59. The Labute approximate surface area is 157 Å². The van der Waals surface area contributed by atoms with E-state index in [1.807, 2.05) is 12.1 Å². The molecule has 1 aromatic carbocycles. The molecule has 6 nitrogen and oxygen atoms in total. The van der Waals surface area contributed by atoms with Crippen molar-refractivity contribution in [1.82, 2.24) is 15.5 Å². The maximum Gasteiger partial charge on any atom is 0.241 e. The molecule has 1 saturated heterocycles. The molecule has 0 spiro atoms. The van der Waals surface area contributed by atoms with Gasteiger partial charge in [-0.15, -0.1) is 0 Å². The van der Waals surface area contributed by atoms with Gasteiger partial charge in [-0.1, -0.05) is 24.3 Å². The standard InChI is InChI=1S/C19H31N3O3S/c1-15(2)22(3)14-17-7-5-6-16(12-17)13-21-18(23)19(26(4,24)25)8-10-20-11-9-19/h5-7,12,15,20H,8-11,13-14H2,1-4H3,(H,21,23). The molecule has 0 radical (unpaired) electrons. The van der Waals surface area contributed by atoms with Crippen LogP contribution >= 0.6 is 0 Å². The topological polar surface area (TPSA) is 78.5 Å². The van der Waals surface area contributed by atoms with E-state index >= 15 is 0 Å². The number of carbonyl (C=O) groups excluding carboxylic acids is 1. The van der Waals surface area contributed by atoms with Crippen LogP contribution in [-0.2, 0) is 27.7 Å². The summed E-state index contributed by atoms with van der Waals surface area (Å²) >= 11 is 0. The van der Waals surface area contributed by atoms with E-state index in [1.165, 1.54) is 11.8 Å². The molecule has 1 aliphatic heterocycles. The SMILES string of the molecule is CC(C)N(C)Cc1cccc(CNC(=O)C2(S(C)(=O)=O)CCNCC2)c1. The Morgan fingerprint density at radius 1 is 1.27 bits per heavy atom. The summed E-state index contributed by atoms with van der Waals surface area (Å²) in [5, 5.41) is 5.99. The van der Waals surface area contributed by atoms with Crippen LogP contribution in [0, 0.1) is 0 Å². The van der Waals surface area contributed by atoms with E-state index in [-0.39, 0.29) is 5.91 Å². The highest BCUT2D eigenvalue weighted by Gasteiger charge is 2.48. The van der Waals surface area contributed by atoms with Gasteiger partial charge in [0.15, 0.2) is 14.6 Å². The number of rotatable bonds is 7. The molecule has 26 heavy (non-hydrogen) atoms. The molecule has 1 heterocycles. The van der Waals surface area contributed by atoms with Crippen LogP contribution in [0.5, 0.6) is 0 Å². The molecule has 1 fully saturated rings. The molecule has 1 amide bonds. The predicted molar refractivity (Wildman–Crippen MR) is 105 cm³/mol. The van der Waals surface area contributed by atoms with E-state index < -0.39 is 14.6 Å². The number of carbonyl (C=O) groups is 1. The monoisotopic (exact) mass is 381 g/mol. The van der Waals surface area contributed by atoms with Crippen LogP contribution in [0.4, 0.5) is 0 Å². The molecule has 0 aromatic heterocycles. The lowest BCUT2D eigenvalue weighted by Gasteiger charge is -2.34. The number of sulfone groups is 1. The maximum atomic E-state index is 12.8. The smallest absolute Gasteiger partial charge is 0.241 e. The van der Waals surface area contributed by atoms with E-state index in [1.54, 1.807) is 0 Å². The lowest BCUT2D eigenvalue weighted by Crippen LogP contribution is -2.57. The van der Waals surface area contributed by atoms with Gasteiger partial charge in [0.05, 0.1) is 0 Å². The molecule has 1 aromatic rings. The van der Waals surface area contributed by atoms with Crippen molar-refractivity contribution < 1.29 is 13.2 Å². The normalized spacial score (nSPS) is 17.5. The number of hydrogen-bond donors (Lipinski definition) is 2. The summed E-state index contributed by atoms with van der Waals surface area (Å²) in [7, 11) is -1.41. The first-order valence-corrected chi connectivity index (χ1v) is 11.0. The van der Waals surface area contributed by atoms with Crippen LogP contribution in [-0.4, -0.2) is 56.4 Å². The van der Waals surface area contributed by atoms with E-state index in [0.717, 1.165) is 12.1 Å². The largest absolute Gasteiger partial charge is 0.351 e. The van der Waals surface area contributed by atoms with Crippen LogP contribution < -0.4 is 10.6 Å². The van der Waals surface area contributed by atoms with Crippen molar-refractivity contribution in [3.8, 4) is 0 Å². The lowest BCUT2D eigenvalue weighted by atomic mass is 9.95. The van der Waals surface area contributed by atoms with Gasteiger partial charge in [0.25, 0.3) is 0 Å². The molecule has 0 saturated carbocycles. The number of nitrogens with zero attached hydrogens (tertiary/aromatic N) is 1. The molecule has 2 rings (SSSR count). The van der Waals surface area contributed by atoms with Crippen molar-refractivity contribution in [3.63, 3.8) is 0 Å². The molecular weight excluding hydrogens is 350 g/mol. The molecule has 146 valence electrons. The highest BCUT2D eigenvalue weighted by molar-refractivity contribution is 7.92. The quantitative estimate of drug-likeness (QED) is 0.745. The Morgan fingerprint density at radius 3 is 2.46 bits per heavy atom. The molecule has 0 unspecified atom stereocenters. The second kappa shape index (κ2) is 8.50. The molecule has 0 bridgehead atoms. The third kappa shape index (κ3) is 4.84. The second-order valence-electron chi connectivity index (χ2n) is 7.53. The Balaban J connectivity index is 2.06. The van der Waals surface area contributed by atoms with Crippen LogP contribution in [0.3, 0.4) is 0 Å². The van der Waals surface area contributed by atoms with Crippen molar-refractivity contribution in [2.75, 3.05) is 26.4 Å². The second-order valence-corrected chi connectivity index (χ2v) is 9.85. The van der Waals surface area contributed by atoms with E-state index in [0.29, 0.717) is 38.5 Å². The van der Waals surface area contributed by atoms with Crippen molar-refractivity contribution in [2.24, 2.45) is 0 Å². The molecular formula is C19H31N3O3S. The van der Waals surface area contributed by atoms with Crippen LogP contribution in [0.15, 0.2) is 24.3 Å². The van der Waals surface area contributed by atoms with Crippen LogP contribution in [0.1, 0.15) is 37.8 Å². The van der Waals surface area contributed by atoms with Gasteiger partial charge in [-0.2, -0.15) is 0 Å². The fourth-order valence-corrected chi connectivity index (χ4v) is 4.60. The first-order valence-electron chi connectivity index (χ1n) is 9.12. The zero-order chi connectivity index (χ0) is 19.4. The van der Waals surface area contributed by atoms with Gasteiger partial charge in [-0.25, -0.2) is 8.42 Å². The van der Waals surface area contributed by atoms with Crippen LogP contribution in [0.2, 0.25) is 0 Å². The van der Waals surface area contributed by atoms with Gasteiger partial charge in [0.2, 0.25) is 5.91 Å². The van der Waals surface area contributed by atoms with Crippen molar-refractivity contribution in [3.05, 3.63) is 35.4 Å². The van der Waals surface area contributed by atoms with Gasteiger partial charge in [0, 0.05) is 25.4 Å². The van der Waals surface area contributed by atoms with E-state index in [4.69, 9.17) is 0 Å². The Morgan fingerprint density at radius 2 is 1.88 bits per heavy atom. The maximum absolute atomic E-state index is 12.8. The number of piperidine rings is 1. The zero-order valence-corrected chi connectivity index (χ0v) is 17.0. The number of amides is 1. The number of nitrogens with one attached hydrogen (secondary N) is 2. The summed E-state index contributed by atoms with van der Waals surface area (Å²) in [5.41, 5.74) is 2.15. The van der Waals surface area contributed by atoms with Gasteiger partial charge >= 0.3 is 0 Å².